The number of nitrogens with one attached hydrogen (secondary N) is 1. The fourth-order valence-corrected chi connectivity index (χ4v) is 2.31. The number of carbonyl (C=O) groups excluding carboxylic acids is 3. The molecule has 0 bridgehead atoms. The lowest BCUT2D eigenvalue weighted by Gasteiger charge is -2.16. The van der Waals surface area contributed by atoms with Crippen molar-refractivity contribution in [3.05, 3.63) is 71.3 Å². The summed E-state index contributed by atoms with van der Waals surface area (Å²) in [5, 5.41) is 11.4. The SMILES string of the molecule is CC(=O)C(Cc1ccccc1)NC(=O)COC(=O)c1cccc(C#N)c1. The number of benzene rings is 2. The van der Waals surface area contributed by atoms with E-state index in [-0.39, 0.29) is 11.3 Å². The highest BCUT2D eigenvalue weighted by Crippen LogP contribution is 2.07. The summed E-state index contributed by atoms with van der Waals surface area (Å²) >= 11 is 0. The van der Waals surface area contributed by atoms with Crippen LogP contribution in [0, 0.1) is 11.3 Å². The van der Waals surface area contributed by atoms with Crippen LogP contribution < -0.4 is 5.32 Å². The Morgan fingerprint density at radius 3 is 2.50 bits per heavy atom. The van der Waals surface area contributed by atoms with Crippen molar-refractivity contribution in [2.75, 3.05) is 6.61 Å². The summed E-state index contributed by atoms with van der Waals surface area (Å²) < 4.78 is 4.95. The van der Waals surface area contributed by atoms with Gasteiger partial charge in [-0.1, -0.05) is 36.4 Å². The fourth-order valence-electron chi connectivity index (χ4n) is 2.31. The number of amides is 1. The highest BCUT2D eigenvalue weighted by molar-refractivity contribution is 5.92. The van der Waals surface area contributed by atoms with E-state index in [2.05, 4.69) is 5.32 Å². The van der Waals surface area contributed by atoms with Crippen LogP contribution in [0.15, 0.2) is 54.6 Å². The number of ketones is 1. The minimum absolute atomic E-state index is 0.184. The molecule has 0 aliphatic rings. The Morgan fingerprint density at radius 1 is 1.12 bits per heavy atom. The third-order valence-electron chi connectivity index (χ3n) is 3.67. The number of nitriles is 1. The molecule has 2 aromatic carbocycles. The van der Waals surface area contributed by atoms with Gasteiger partial charge in [-0.2, -0.15) is 5.26 Å². The predicted molar refractivity (Wildman–Crippen MR) is 94.2 cm³/mol. The average molecular weight is 350 g/mol. The summed E-state index contributed by atoms with van der Waals surface area (Å²) in [5.41, 5.74) is 1.42. The lowest BCUT2D eigenvalue weighted by atomic mass is 10.0. The molecule has 2 rings (SSSR count). The molecule has 1 amide bonds. The van der Waals surface area contributed by atoms with Gasteiger partial charge >= 0.3 is 5.97 Å². The van der Waals surface area contributed by atoms with Gasteiger partial charge in [-0.15, -0.1) is 0 Å². The first kappa shape index (κ1) is 18.9. The number of hydrogen-bond acceptors (Lipinski definition) is 5. The molecule has 0 aliphatic heterocycles. The Labute approximate surface area is 151 Å². The van der Waals surface area contributed by atoms with Crippen molar-refractivity contribution in [3.63, 3.8) is 0 Å². The van der Waals surface area contributed by atoms with Gasteiger partial charge in [0, 0.05) is 0 Å². The maximum Gasteiger partial charge on any atom is 0.338 e. The first-order chi connectivity index (χ1) is 12.5. The summed E-state index contributed by atoms with van der Waals surface area (Å²) in [7, 11) is 0. The summed E-state index contributed by atoms with van der Waals surface area (Å²) in [6.45, 7) is 0.890. The number of esters is 1. The molecule has 1 atom stereocenters. The normalized spacial score (nSPS) is 11.1. The molecule has 2 aromatic rings. The summed E-state index contributed by atoms with van der Waals surface area (Å²) in [6.07, 6.45) is 0.361. The zero-order valence-corrected chi connectivity index (χ0v) is 14.3. The smallest absolute Gasteiger partial charge is 0.338 e. The lowest BCUT2D eigenvalue weighted by molar-refractivity contribution is -0.128. The molecule has 0 aromatic heterocycles. The van der Waals surface area contributed by atoms with Gasteiger partial charge in [0.05, 0.1) is 23.2 Å². The zero-order valence-electron chi connectivity index (χ0n) is 14.3. The molecule has 0 saturated carbocycles. The molecule has 6 heteroatoms. The van der Waals surface area contributed by atoms with E-state index in [1.165, 1.54) is 19.1 Å². The van der Waals surface area contributed by atoms with E-state index >= 15 is 0 Å². The van der Waals surface area contributed by atoms with E-state index in [1.54, 1.807) is 12.1 Å². The monoisotopic (exact) mass is 350 g/mol. The Hall–Kier alpha value is -3.46. The van der Waals surface area contributed by atoms with Gasteiger partial charge < -0.3 is 10.1 Å². The van der Waals surface area contributed by atoms with E-state index in [0.717, 1.165) is 5.56 Å². The largest absolute Gasteiger partial charge is 0.452 e. The second-order valence-corrected chi connectivity index (χ2v) is 5.69. The molecule has 0 spiro atoms. The Morgan fingerprint density at radius 2 is 1.85 bits per heavy atom. The highest BCUT2D eigenvalue weighted by atomic mass is 16.5. The highest BCUT2D eigenvalue weighted by Gasteiger charge is 2.19. The van der Waals surface area contributed by atoms with Gasteiger partial charge in [-0.25, -0.2) is 4.79 Å². The second-order valence-electron chi connectivity index (χ2n) is 5.69. The molecule has 0 heterocycles. The molecule has 0 aliphatic carbocycles. The molecular formula is C20H18N2O4. The van der Waals surface area contributed by atoms with Crippen molar-refractivity contribution < 1.29 is 19.1 Å². The van der Waals surface area contributed by atoms with Crippen molar-refractivity contribution in [2.45, 2.75) is 19.4 Å². The fraction of sp³-hybridized carbons (Fsp3) is 0.200. The molecule has 1 N–H and O–H groups in total. The van der Waals surface area contributed by atoms with Crippen molar-refractivity contribution in [3.8, 4) is 6.07 Å². The number of ether oxygens (including phenoxy) is 1. The van der Waals surface area contributed by atoms with Gasteiger partial charge in [0.25, 0.3) is 5.91 Å². The van der Waals surface area contributed by atoms with Crippen molar-refractivity contribution in [1.29, 1.82) is 5.26 Å². The van der Waals surface area contributed by atoms with E-state index < -0.39 is 24.5 Å². The molecule has 0 saturated heterocycles. The van der Waals surface area contributed by atoms with E-state index in [1.807, 2.05) is 36.4 Å². The van der Waals surface area contributed by atoms with Gasteiger partial charge in [0.2, 0.25) is 0 Å². The maximum absolute atomic E-state index is 12.0. The first-order valence-electron chi connectivity index (χ1n) is 8.00. The van der Waals surface area contributed by atoms with Crippen LogP contribution in [0.4, 0.5) is 0 Å². The van der Waals surface area contributed by atoms with E-state index in [0.29, 0.717) is 12.0 Å². The molecule has 0 fully saturated rings. The minimum Gasteiger partial charge on any atom is -0.452 e. The van der Waals surface area contributed by atoms with Crippen molar-refractivity contribution in [1.82, 2.24) is 5.32 Å². The topological polar surface area (TPSA) is 96.3 Å². The number of carbonyl (C=O) groups is 3. The number of rotatable bonds is 7. The number of nitrogens with zero attached hydrogens (tertiary/aromatic N) is 1. The minimum atomic E-state index is -0.709. The third-order valence-corrected chi connectivity index (χ3v) is 3.67. The molecule has 26 heavy (non-hydrogen) atoms. The summed E-state index contributed by atoms with van der Waals surface area (Å²) in [5.74, 6) is -1.46. The van der Waals surface area contributed by atoms with Gasteiger partial charge in [0.1, 0.15) is 0 Å². The van der Waals surface area contributed by atoms with Crippen LogP contribution >= 0.6 is 0 Å². The Kier molecular flexibility index (Phi) is 6.63. The van der Waals surface area contributed by atoms with Crippen molar-refractivity contribution >= 4 is 17.7 Å². The average Bonchev–Trinajstić information content (AvgIpc) is 2.66. The second kappa shape index (κ2) is 9.14. The molecule has 0 radical (unpaired) electrons. The predicted octanol–water partition coefficient (Wildman–Crippen LogP) is 2.03. The van der Waals surface area contributed by atoms with Crippen LogP contribution in [0.2, 0.25) is 0 Å². The third kappa shape index (κ3) is 5.56. The van der Waals surface area contributed by atoms with E-state index in [4.69, 9.17) is 10.00 Å². The number of Topliss-reactive ketones (excluding diaryl/α,β-unsaturated/α-hetero) is 1. The van der Waals surface area contributed by atoms with Crippen molar-refractivity contribution in [2.24, 2.45) is 0 Å². The van der Waals surface area contributed by atoms with Crippen LogP contribution in [0.3, 0.4) is 0 Å². The van der Waals surface area contributed by atoms with Crippen LogP contribution in [-0.4, -0.2) is 30.3 Å². The first-order valence-corrected chi connectivity index (χ1v) is 8.00. The molecule has 1 unspecified atom stereocenters. The van der Waals surface area contributed by atoms with Crippen LogP contribution in [-0.2, 0) is 20.7 Å². The maximum atomic E-state index is 12.0. The molecular weight excluding hydrogens is 332 g/mol. The van der Waals surface area contributed by atoms with Gasteiger partial charge in [-0.05, 0) is 37.1 Å². The van der Waals surface area contributed by atoms with Gasteiger partial charge in [-0.3, -0.25) is 9.59 Å². The zero-order chi connectivity index (χ0) is 18.9. The van der Waals surface area contributed by atoms with Crippen LogP contribution in [0.25, 0.3) is 0 Å². The van der Waals surface area contributed by atoms with E-state index in [9.17, 15) is 14.4 Å². The number of hydrogen-bond donors (Lipinski definition) is 1. The Bertz CT molecular complexity index is 840. The van der Waals surface area contributed by atoms with Crippen LogP contribution in [0.5, 0.6) is 0 Å². The van der Waals surface area contributed by atoms with Crippen LogP contribution in [0.1, 0.15) is 28.4 Å². The Balaban J connectivity index is 1.90. The summed E-state index contributed by atoms with van der Waals surface area (Å²) in [4.78, 5) is 35.7. The van der Waals surface area contributed by atoms with Gasteiger partial charge in [0.15, 0.2) is 12.4 Å². The summed E-state index contributed by atoms with van der Waals surface area (Å²) in [6, 6.07) is 16.5. The standard InChI is InChI=1S/C20H18N2O4/c1-14(23)18(11-15-6-3-2-4-7-15)22-19(24)13-26-20(25)17-9-5-8-16(10-17)12-21/h2-10,18H,11,13H2,1H3,(H,22,24). The quantitative estimate of drug-likeness (QED) is 0.771. The lowest BCUT2D eigenvalue weighted by Crippen LogP contribution is -2.43. The molecule has 132 valence electrons. The molecule has 6 nitrogen and oxygen atoms in total.